The number of hydrogen-bond donors (Lipinski definition) is 1. The Bertz CT molecular complexity index is 405. The molecular formula is C14H22N3OPb. The summed E-state index contributed by atoms with van der Waals surface area (Å²) in [6.45, 7) is 4.32. The second kappa shape index (κ2) is 6.97. The molecule has 0 saturated carbocycles. The van der Waals surface area contributed by atoms with Gasteiger partial charge in [0.05, 0.1) is 0 Å². The van der Waals surface area contributed by atoms with Gasteiger partial charge < -0.3 is 0 Å². The average molecular weight is 456 g/mol. The number of anilines is 1. The number of rotatable bonds is 5. The topological polar surface area (TPSA) is 49.2 Å². The summed E-state index contributed by atoms with van der Waals surface area (Å²) in [4.78, 5) is 11.1. The molecule has 5 heteroatoms. The minimum absolute atomic E-state index is 0.164. The Morgan fingerprint density at radius 2 is 2.00 bits per heavy atom. The van der Waals surface area contributed by atoms with Gasteiger partial charge >= 0.3 is 131 Å². The molecule has 2 rings (SSSR count). The SMILES string of the molecule is Cc1nccnc1N1CCC(CO)(CC[CH2][Pb])CC1. The van der Waals surface area contributed by atoms with Crippen molar-refractivity contribution in [2.75, 3.05) is 24.6 Å². The molecule has 0 atom stereocenters. The third-order valence-corrected chi connectivity index (χ3v) is 5.57. The van der Waals surface area contributed by atoms with Crippen molar-refractivity contribution in [2.24, 2.45) is 5.41 Å². The van der Waals surface area contributed by atoms with E-state index in [4.69, 9.17) is 0 Å². The third kappa shape index (κ3) is 3.65. The van der Waals surface area contributed by atoms with Crippen molar-refractivity contribution >= 4 is 31.6 Å². The van der Waals surface area contributed by atoms with E-state index in [0.29, 0.717) is 6.61 Å². The molecule has 0 spiro atoms. The summed E-state index contributed by atoms with van der Waals surface area (Å²) in [6, 6.07) is 0. The molecule has 3 radical (unpaired) electrons. The summed E-state index contributed by atoms with van der Waals surface area (Å²) in [5, 5.41) is 9.74. The van der Waals surface area contributed by atoms with Crippen LogP contribution in [-0.4, -0.2) is 60.5 Å². The van der Waals surface area contributed by atoms with Crippen LogP contribution < -0.4 is 4.90 Å². The Balaban J connectivity index is 2.00. The van der Waals surface area contributed by atoms with Crippen LogP contribution in [0.25, 0.3) is 0 Å². The molecule has 1 aromatic rings. The van der Waals surface area contributed by atoms with E-state index in [1.807, 2.05) is 6.92 Å². The molecule has 19 heavy (non-hydrogen) atoms. The van der Waals surface area contributed by atoms with E-state index in [2.05, 4.69) is 14.9 Å². The first-order valence-corrected chi connectivity index (χ1v) is 9.74. The average Bonchev–Trinajstić information content (AvgIpc) is 2.46. The number of aliphatic hydroxyl groups excluding tert-OH is 1. The molecule has 4 nitrogen and oxygen atoms in total. The monoisotopic (exact) mass is 456 g/mol. The third-order valence-electron chi connectivity index (χ3n) is 4.20. The van der Waals surface area contributed by atoms with Gasteiger partial charge in [0.25, 0.3) is 0 Å². The number of aryl methyl sites for hydroxylation is 1. The van der Waals surface area contributed by atoms with Crippen LogP contribution in [-0.2, 0) is 0 Å². The van der Waals surface area contributed by atoms with Crippen molar-refractivity contribution in [1.82, 2.24) is 9.97 Å². The Kier molecular flexibility index (Phi) is 5.56. The van der Waals surface area contributed by atoms with Crippen molar-refractivity contribution < 1.29 is 5.11 Å². The molecule has 1 N–H and O–H groups in total. The van der Waals surface area contributed by atoms with Gasteiger partial charge in [0.15, 0.2) is 0 Å². The second-order valence-corrected chi connectivity index (χ2v) is 7.41. The van der Waals surface area contributed by atoms with Gasteiger partial charge in [-0.05, 0) is 0 Å². The van der Waals surface area contributed by atoms with E-state index >= 15 is 0 Å². The molecule has 1 saturated heterocycles. The van der Waals surface area contributed by atoms with Gasteiger partial charge in [-0.25, -0.2) is 0 Å². The minimum atomic E-state index is 0.164. The molecule has 0 aromatic carbocycles. The maximum absolute atomic E-state index is 9.74. The van der Waals surface area contributed by atoms with Gasteiger partial charge in [0, 0.05) is 0 Å². The number of hydrogen-bond acceptors (Lipinski definition) is 4. The molecule has 1 aromatic heterocycles. The summed E-state index contributed by atoms with van der Waals surface area (Å²) < 4.78 is 1.34. The Hall–Kier alpha value is -0.238. The van der Waals surface area contributed by atoms with Gasteiger partial charge in [0.2, 0.25) is 0 Å². The zero-order valence-corrected chi connectivity index (χ0v) is 15.5. The zero-order chi connectivity index (χ0) is 13.7. The number of aromatic nitrogens is 2. The van der Waals surface area contributed by atoms with Crippen LogP contribution in [0.1, 0.15) is 31.4 Å². The van der Waals surface area contributed by atoms with E-state index in [1.54, 1.807) is 12.4 Å². The van der Waals surface area contributed by atoms with Crippen LogP contribution in [0.5, 0.6) is 0 Å². The molecule has 2 heterocycles. The first-order valence-electron chi connectivity index (χ1n) is 6.99. The molecule has 1 fully saturated rings. The van der Waals surface area contributed by atoms with Gasteiger partial charge in [-0.15, -0.1) is 0 Å². The van der Waals surface area contributed by atoms with Crippen molar-refractivity contribution in [1.29, 1.82) is 0 Å². The van der Waals surface area contributed by atoms with Crippen LogP contribution in [0, 0.1) is 12.3 Å². The first kappa shape index (κ1) is 15.2. The molecule has 0 amide bonds. The predicted octanol–water partition coefficient (Wildman–Crippen LogP) is 1.73. The normalized spacial score (nSPS) is 18.6. The Labute approximate surface area is 131 Å². The van der Waals surface area contributed by atoms with Crippen LogP contribution >= 0.6 is 0 Å². The van der Waals surface area contributed by atoms with Gasteiger partial charge in [-0.2, -0.15) is 0 Å². The fourth-order valence-electron chi connectivity index (χ4n) is 2.85. The molecule has 0 bridgehead atoms. The molecule has 1 aliphatic heterocycles. The van der Waals surface area contributed by atoms with Gasteiger partial charge in [-0.1, -0.05) is 0 Å². The van der Waals surface area contributed by atoms with Gasteiger partial charge in [0.1, 0.15) is 0 Å². The molecule has 103 valence electrons. The standard InChI is InChI=1S/C14H22N3O.Pb/c1-3-4-14(11-18)5-9-17(10-6-14)13-12(2)15-7-8-16-13;/h7-8,18H,1,3-6,9-11H2,2H3;. The van der Waals surface area contributed by atoms with E-state index in [1.165, 1.54) is 42.6 Å². The number of nitrogens with zero attached hydrogens (tertiary/aromatic N) is 3. The van der Waals surface area contributed by atoms with Crippen molar-refractivity contribution in [3.8, 4) is 0 Å². The van der Waals surface area contributed by atoms with E-state index < -0.39 is 0 Å². The summed E-state index contributed by atoms with van der Waals surface area (Å²) >= 11 is 1.27. The van der Waals surface area contributed by atoms with E-state index in [0.717, 1.165) is 37.4 Å². The number of aliphatic hydroxyl groups is 1. The van der Waals surface area contributed by atoms with E-state index in [9.17, 15) is 5.11 Å². The second-order valence-electron chi connectivity index (χ2n) is 5.46. The quantitative estimate of drug-likeness (QED) is 0.688. The van der Waals surface area contributed by atoms with Crippen LogP contribution in [0.2, 0.25) is 3.98 Å². The van der Waals surface area contributed by atoms with Crippen molar-refractivity contribution in [3.63, 3.8) is 0 Å². The fourth-order valence-corrected chi connectivity index (χ4v) is 3.54. The number of piperidine rings is 1. The molecule has 1 aliphatic rings. The van der Waals surface area contributed by atoms with Crippen molar-refractivity contribution in [3.05, 3.63) is 18.1 Å². The van der Waals surface area contributed by atoms with Crippen molar-refractivity contribution in [2.45, 2.75) is 36.6 Å². The van der Waals surface area contributed by atoms with Crippen LogP contribution in [0.4, 0.5) is 5.82 Å². The zero-order valence-electron chi connectivity index (χ0n) is 11.6. The van der Waals surface area contributed by atoms with Gasteiger partial charge in [-0.3, -0.25) is 0 Å². The summed E-state index contributed by atoms with van der Waals surface area (Å²) in [7, 11) is 0. The molecular weight excluding hydrogens is 433 g/mol. The Morgan fingerprint density at radius 3 is 2.58 bits per heavy atom. The van der Waals surface area contributed by atoms with E-state index in [-0.39, 0.29) is 5.41 Å². The fraction of sp³-hybridized carbons (Fsp3) is 0.714. The van der Waals surface area contributed by atoms with Crippen LogP contribution in [0.3, 0.4) is 0 Å². The summed E-state index contributed by atoms with van der Waals surface area (Å²) in [6.07, 6.45) is 8.10. The first-order chi connectivity index (χ1) is 9.21. The molecule has 0 aliphatic carbocycles. The summed E-state index contributed by atoms with van der Waals surface area (Å²) in [5.74, 6) is 1.01. The summed E-state index contributed by atoms with van der Waals surface area (Å²) in [5.41, 5.74) is 1.16. The Morgan fingerprint density at radius 1 is 1.32 bits per heavy atom. The maximum atomic E-state index is 9.74. The van der Waals surface area contributed by atoms with Crippen LogP contribution in [0.15, 0.2) is 12.4 Å². The molecule has 0 unspecified atom stereocenters. The predicted molar refractivity (Wildman–Crippen MR) is 77.5 cm³/mol.